The second-order valence-corrected chi connectivity index (χ2v) is 4.65. The van der Waals surface area contributed by atoms with Crippen molar-refractivity contribution in [1.82, 2.24) is 10.2 Å². The molecule has 1 heterocycles. The maximum absolute atomic E-state index is 5.94. The molecule has 0 atom stereocenters. The van der Waals surface area contributed by atoms with Gasteiger partial charge in [-0.1, -0.05) is 42.5 Å². The van der Waals surface area contributed by atoms with Crippen LogP contribution in [0.5, 0.6) is 23.1 Å². The first-order valence-electron chi connectivity index (χ1n) is 7.01. The Labute approximate surface area is 129 Å². The highest BCUT2D eigenvalue weighted by Crippen LogP contribution is 2.36. The molecule has 3 aromatic rings. The van der Waals surface area contributed by atoms with Crippen molar-refractivity contribution < 1.29 is 9.47 Å². The number of H-pyrrole nitrogens is 1. The van der Waals surface area contributed by atoms with Gasteiger partial charge in [0.15, 0.2) is 0 Å². The number of para-hydroxylation sites is 2. The van der Waals surface area contributed by atoms with Crippen molar-refractivity contribution in [3.63, 3.8) is 0 Å². The lowest BCUT2D eigenvalue weighted by atomic mass is 10.3. The van der Waals surface area contributed by atoms with E-state index in [9.17, 15) is 0 Å². The van der Waals surface area contributed by atoms with E-state index in [4.69, 9.17) is 9.47 Å². The summed E-state index contributed by atoms with van der Waals surface area (Å²) in [5, 5.41) is 7.13. The van der Waals surface area contributed by atoms with Crippen molar-refractivity contribution in [2.75, 3.05) is 0 Å². The van der Waals surface area contributed by atoms with Crippen molar-refractivity contribution >= 4 is 0 Å². The highest BCUT2D eigenvalue weighted by Gasteiger charge is 2.17. The van der Waals surface area contributed by atoms with Crippen molar-refractivity contribution in [3.8, 4) is 23.1 Å². The maximum Gasteiger partial charge on any atom is 0.259 e. The number of ether oxygens (including phenoxy) is 2. The third kappa shape index (κ3) is 3.17. The molecule has 4 heteroatoms. The molecule has 0 aliphatic carbocycles. The van der Waals surface area contributed by atoms with E-state index in [1.165, 1.54) is 0 Å². The molecule has 1 aromatic heterocycles. The minimum Gasteiger partial charge on any atom is -0.450 e. The van der Waals surface area contributed by atoms with Gasteiger partial charge >= 0.3 is 0 Å². The first-order valence-corrected chi connectivity index (χ1v) is 7.01. The van der Waals surface area contributed by atoms with Crippen molar-refractivity contribution in [2.45, 2.75) is 6.42 Å². The Bertz CT molecular complexity index is 736. The van der Waals surface area contributed by atoms with Gasteiger partial charge in [0.05, 0.1) is 0 Å². The second kappa shape index (κ2) is 6.63. The molecule has 0 spiro atoms. The van der Waals surface area contributed by atoms with Crippen LogP contribution in [0.25, 0.3) is 0 Å². The Kier molecular flexibility index (Phi) is 4.20. The summed E-state index contributed by atoms with van der Waals surface area (Å²) < 4.78 is 11.8. The Morgan fingerprint density at radius 1 is 0.909 bits per heavy atom. The molecule has 0 aliphatic rings. The lowest BCUT2D eigenvalue weighted by molar-refractivity contribution is 0.409. The Morgan fingerprint density at radius 2 is 1.50 bits per heavy atom. The standard InChI is InChI=1S/C18H16N2O2/c1-2-9-16-17(21-14-10-5-3-6-11-14)18(20-19-16)22-15-12-7-4-8-13-15/h2-8,10-13H,1,9H2,(H,19,20). The van der Waals surface area contributed by atoms with Gasteiger partial charge < -0.3 is 9.47 Å². The topological polar surface area (TPSA) is 47.1 Å². The van der Waals surface area contributed by atoms with Gasteiger partial charge in [0, 0.05) is 6.42 Å². The third-order valence-corrected chi connectivity index (χ3v) is 3.02. The zero-order valence-electron chi connectivity index (χ0n) is 12.0. The van der Waals surface area contributed by atoms with Crippen LogP contribution in [0.3, 0.4) is 0 Å². The van der Waals surface area contributed by atoms with Crippen LogP contribution in [0, 0.1) is 0 Å². The Morgan fingerprint density at radius 3 is 2.09 bits per heavy atom. The minimum atomic E-state index is 0.479. The Hall–Kier alpha value is -3.01. The van der Waals surface area contributed by atoms with Crippen molar-refractivity contribution in [3.05, 3.63) is 79.0 Å². The highest BCUT2D eigenvalue weighted by atomic mass is 16.5. The summed E-state index contributed by atoms with van der Waals surface area (Å²) in [6.07, 6.45) is 2.37. The molecule has 110 valence electrons. The van der Waals surface area contributed by atoms with Crippen LogP contribution in [-0.4, -0.2) is 10.2 Å². The molecular formula is C18H16N2O2. The zero-order valence-corrected chi connectivity index (χ0v) is 12.0. The van der Waals surface area contributed by atoms with E-state index in [2.05, 4.69) is 16.8 Å². The number of rotatable bonds is 6. The number of hydrogen-bond acceptors (Lipinski definition) is 3. The van der Waals surface area contributed by atoms with Gasteiger partial charge in [-0.2, -0.15) is 5.10 Å². The summed E-state index contributed by atoms with van der Waals surface area (Å²) in [5.74, 6) is 2.50. The van der Waals surface area contributed by atoms with Gasteiger partial charge in [-0.15, -0.1) is 6.58 Å². The monoisotopic (exact) mass is 292 g/mol. The Balaban J connectivity index is 1.91. The van der Waals surface area contributed by atoms with Crippen LogP contribution < -0.4 is 9.47 Å². The molecule has 4 nitrogen and oxygen atoms in total. The molecule has 0 saturated carbocycles. The summed E-state index contributed by atoms with van der Waals surface area (Å²) >= 11 is 0. The molecule has 0 saturated heterocycles. The van der Waals surface area contributed by atoms with Gasteiger partial charge in [-0.05, 0) is 24.3 Å². The van der Waals surface area contributed by atoms with Crippen LogP contribution in [0.15, 0.2) is 73.3 Å². The SMILES string of the molecule is C=CCc1n[nH]c(Oc2ccccc2)c1Oc1ccccc1. The van der Waals surface area contributed by atoms with Crippen LogP contribution in [-0.2, 0) is 6.42 Å². The molecule has 0 aliphatic heterocycles. The van der Waals surface area contributed by atoms with E-state index in [1.54, 1.807) is 6.08 Å². The van der Waals surface area contributed by atoms with E-state index >= 15 is 0 Å². The van der Waals surface area contributed by atoms with Crippen LogP contribution in [0.1, 0.15) is 5.69 Å². The van der Waals surface area contributed by atoms with Gasteiger partial charge in [0.2, 0.25) is 5.75 Å². The van der Waals surface area contributed by atoms with E-state index in [-0.39, 0.29) is 0 Å². The summed E-state index contributed by atoms with van der Waals surface area (Å²) in [6, 6.07) is 19.1. The van der Waals surface area contributed by atoms with Crippen LogP contribution >= 0.6 is 0 Å². The largest absolute Gasteiger partial charge is 0.450 e. The third-order valence-electron chi connectivity index (χ3n) is 3.02. The molecule has 0 fully saturated rings. The number of benzene rings is 2. The number of nitrogens with one attached hydrogen (secondary N) is 1. The molecule has 2 aromatic carbocycles. The predicted molar refractivity (Wildman–Crippen MR) is 85.5 cm³/mol. The summed E-state index contributed by atoms with van der Waals surface area (Å²) in [7, 11) is 0. The molecule has 0 unspecified atom stereocenters. The van der Waals surface area contributed by atoms with Crippen molar-refractivity contribution in [2.24, 2.45) is 0 Å². The zero-order chi connectivity index (χ0) is 15.2. The maximum atomic E-state index is 5.94. The minimum absolute atomic E-state index is 0.479. The smallest absolute Gasteiger partial charge is 0.259 e. The van der Waals surface area contributed by atoms with Crippen LogP contribution in [0.2, 0.25) is 0 Å². The fraction of sp³-hybridized carbons (Fsp3) is 0.0556. The highest BCUT2D eigenvalue weighted by molar-refractivity contribution is 5.44. The predicted octanol–water partition coefficient (Wildman–Crippen LogP) is 4.72. The summed E-state index contributed by atoms with van der Waals surface area (Å²) in [6.45, 7) is 3.75. The molecular weight excluding hydrogens is 276 g/mol. The van der Waals surface area contributed by atoms with Gasteiger partial charge in [0.1, 0.15) is 17.2 Å². The first-order chi connectivity index (χ1) is 10.9. The van der Waals surface area contributed by atoms with Crippen molar-refractivity contribution in [1.29, 1.82) is 0 Å². The number of aromatic amines is 1. The van der Waals surface area contributed by atoms with E-state index < -0.39 is 0 Å². The number of allylic oxidation sites excluding steroid dienone is 1. The van der Waals surface area contributed by atoms with E-state index in [1.807, 2.05) is 60.7 Å². The van der Waals surface area contributed by atoms with Gasteiger partial charge in [-0.3, -0.25) is 0 Å². The van der Waals surface area contributed by atoms with E-state index in [0.717, 1.165) is 11.4 Å². The van der Waals surface area contributed by atoms with E-state index in [0.29, 0.717) is 23.8 Å². The number of nitrogens with zero attached hydrogens (tertiary/aromatic N) is 1. The molecule has 3 rings (SSSR count). The number of aromatic nitrogens is 2. The quantitative estimate of drug-likeness (QED) is 0.668. The fourth-order valence-electron chi connectivity index (χ4n) is 2.01. The molecule has 22 heavy (non-hydrogen) atoms. The normalized spacial score (nSPS) is 10.2. The molecule has 1 N–H and O–H groups in total. The lowest BCUT2D eigenvalue weighted by Gasteiger charge is -2.08. The average molecular weight is 292 g/mol. The van der Waals surface area contributed by atoms with Crippen LogP contribution in [0.4, 0.5) is 0 Å². The first kappa shape index (κ1) is 13.9. The summed E-state index contributed by atoms with van der Waals surface area (Å²) in [5.41, 5.74) is 0.754. The fourth-order valence-corrected chi connectivity index (χ4v) is 2.01. The molecule has 0 amide bonds. The number of hydrogen-bond donors (Lipinski definition) is 1. The van der Waals surface area contributed by atoms with Gasteiger partial charge in [0.25, 0.3) is 5.88 Å². The molecule has 0 radical (unpaired) electrons. The lowest BCUT2D eigenvalue weighted by Crippen LogP contribution is -1.91. The van der Waals surface area contributed by atoms with Gasteiger partial charge in [-0.25, -0.2) is 5.10 Å². The average Bonchev–Trinajstić information content (AvgIpc) is 2.92. The molecule has 0 bridgehead atoms. The summed E-state index contributed by atoms with van der Waals surface area (Å²) in [4.78, 5) is 0. The second-order valence-electron chi connectivity index (χ2n) is 4.65.